The molecule has 3 aromatic rings. The van der Waals surface area contributed by atoms with Gasteiger partial charge in [0.2, 0.25) is 5.76 Å². The van der Waals surface area contributed by atoms with Gasteiger partial charge >= 0.3 is 0 Å². The highest BCUT2D eigenvalue weighted by molar-refractivity contribution is 6.33. The van der Waals surface area contributed by atoms with Crippen LogP contribution in [0.2, 0.25) is 5.02 Å². The number of nitrogens with one attached hydrogen (secondary N) is 1. The minimum Gasteiger partial charge on any atom is -0.331 e. The van der Waals surface area contributed by atoms with E-state index in [4.69, 9.17) is 16.1 Å². The number of hydrogen-bond donors (Lipinski definition) is 1. The van der Waals surface area contributed by atoms with Gasteiger partial charge in [0, 0.05) is 27.6 Å². The molecule has 0 aliphatic carbocycles. The van der Waals surface area contributed by atoms with E-state index in [1.807, 2.05) is 31.2 Å². The lowest BCUT2D eigenvalue weighted by Crippen LogP contribution is -2.13. The number of nitrogens with zero attached hydrogens (tertiary/aromatic N) is 3. The smallest absolute Gasteiger partial charge is 0.297 e. The first kappa shape index (κ1) is 15.2. The number of rotatable bonds is 3. The Morgan fingerprint density at radius 3 is 2.70 bits per heavy atom. The molecule has 1 aromatic carbocycles. The minimum absolute atomic E-state index is 0.0672. The van der Waals surface area contributed by atoms with E-state index < -0.39 is 5.91 Å². The van der Waals surface area contributed by atoms with Gasteiger partial charge in [0.25, 0.3) is 5.91 Å². The highest BCUT2D eigenvalue weighted by atomic mass is 35.5. The summed E-state index contributed by atoms with van der Waals surface area (Å²) in [4.78, 5) is 16.2. The molecule has 6 nitrogen and oxygen atoms in total. The molecule has 7 heteroatoms. The second-order valence-electron chi connectivity index (χ2n) is 5.06. The van der Waals surface area contributed by atoms with E-state index in [-0.39, 0.29) is 5.76 Å². The Hall–Kier alpha value is -2.73. The number of hydrogen-bond acceptors (Lipinski definition) is 5. The zero-order chi connectivity index (χ0) is 16.4. The third kappa shape index (κ3) is 3.22. The van der Waals surface area contributed by atoms with Crippen molar-refractivity contribution in [3.63, 3.8) is 0 Å². The van der Waals surface area contributed by atoms with Crippen LogP contribution in [0.5, 0.6) is 0 Å². The molecule has 2 aromatic heterocycles. The molecular formula is C16H13ClN4O2. The van der Waals surface area contributed by atoms with Crippen LogP contribution in [-0.2, 0) is 0 Å². The van der Waals surface area contributed by atoms with E-state index in [0.29, 0.717) is 16.5 Å². The summed E-state index contributed by atoms with van der Waals surface area (Å²) in [7, 11) is 0. The highest BCUT2D eigenvalue weighted by Crippen LogP contribution is 2.28. The predicted molar refractivity (Wildman–Crippen MR) is 86.4 cm³/mol. The SMILES string of the molecule is Cc1ccc(Cl)c(-c2ccc(NC(=O)c3onnc3C)nc2)c1. The molecule has 0 unspecified atom stereocenters. The Morgan fingerprint density at radius 2 is 2.04 bits per heavy atom. The largest absolute Gasteiger partial charge is 0.331 e. The maximum atomic E-state index is 12.0. The molecule has 1 N–H and O–H groups in total. The number of carbonyl (C=O) groups is 1. The Morgan fingerprint density at radius 1 is 1.22 bits per heavy atom. The van der Waals surface area contributed by atoms with Gasteiger partial charge < -0.3 is 9.84 Å². The lowest BCUT2D eigenvalue weighted by atomic mass is 10.1. The maximum absolute atomic E-state index is 12.0. The molecule has 0 saturated heterocycles. The third-order valence-corrected chi connectivity index (χ3v) is 3.63. The van der Waals surface area contributed by atoms with Crippen molar-refractivity contribution in [3.8, 4) is 11.1 Å². The van der Waals surface area contributed by atoms with Crippen molar-refractivity contribution in [2.24, 2.45) is 0 Å². The Labute approximate surface area is 137 Å². The minimum atomic E-state index is -0.443. The van der Waals surface area contributed by atoms with Crippen LogP contribution in [-0.4, -0.2) is 21.3 Å². The van der Waals surface area contributed by atoms with Gasteiger partial charge in [-0.3, -0.25) is 4.79 Å². The molecule has 0 atom stereocenters. The number of aromatic nitrogens is 3. The van der Waals surface area contributed by atoms with Gasteiger partial charge in [-0.1, -0.05) is 23.2 Å². The Balaban J connectivity index is 1.81. The van der Waals surface area contributed by atoms with Crippen LogP contribution in [0.1, 0.15) is 21.8 Å². The van der Waals surface area contributed by atoms with Crippen LogP contribution in [0.25, 0.3) is 11.1 Å². The van der Waals surface area contributed by atoms with Crippen LogP contribution in [0.4, 0.5) is 5.82 Å². The van der Waals surface area contributed by atoms with Crippen LogP contribution in [0, 0.1) is 13.8 Å². The Kier molecular flexibility index (Phi) is 4.08. The van der Waals surface area contributed by atoms with E-state index in [1.54, 1.807) is 19.2 Å². The average Bonchev–Trinajstić information content (AvgIpc) is 2.97. The zero-order valence-corrected chi connectivity index (χ0v) is 13.3. The topological polar surface area (TPSA) is 80.9 Å². The van der Waals surface area contributed by atoms with Crippen LogP contribution in [0.15, 0.2) is 41.1 Å². The van der Waals surface area contributed by atoms with Gasteiger partial charge in [-0.25, -0.2) is 4.98 Å². The molecule has 0 fully saturated rings. The molecule has 23 heavy (non-hydrogen) atoms. The van der Waals surface area contributed by atoms with Crippen molar-refractivity contribution in [3.05, 3.63) is 58.6 Å². The van der Waals surface area contributed by atoms with Crippen molar-refractivity contribution in [1.29, 1.82) is 0 Å². The molecule has 116 valence electrons. The van der Waals surface area contributed by atoms with Crippen LogP contribution >= 0.6 is 11.6 Å². The fourth-order valence-electron chi connectivity index (χ4n) is 2.10. The van der Waals surface area contributed by atoms with Crippen LogP contribution in [0.3, 0.4) is 0 Å². The number of pyridine rings is 1. The predicted octanol–water partition coefficient (Wildman–Crippen LogP) is 3.65. The summed E-state index contributed by atoms with van der Waals surface area (Å²) >= 11 is 6.22. The number of aryl methyl sites for hydroxylation is 2. The molecule has 0 bridgehead atoms. The number of benzene rings is 1. The van der Waals surface area contributed by atoms with Crippen molar-refractivity contribution < 1.29 is 9.32 Å². The van der Waals surface area contributed by atoms with Gasteiger partial charge in [0.15, 0.2) is 0 Å². The fourth-order valence-corrected chi connectivity index (χ4v) is 2.33. The van der Waals surface area contributed by atoms with Crippen molar-refractivity contribution in [2.45, 2.75) is 13.8 Å². The maximum Gasteiger partial charge on any atom is 0.297 e. The summed E-state index contributed by atoms with van der Waals surface area (Å²) < 4.78 is 4.80. The van der Waals surface area contributed by atoms with Gasteiger partial charge in [-0.2, -0.15) is 0 Å². The van der Waals surface area contributed by atoms with E-state index in [0.717, 1.165) is 16.7 Å². The molecule has 2 heterocycles. The Bertz CT molecular complexity index is 859. The first-order valence-electron chi connectivity index (χ1n) is 6.87. The van der Waals surface area contributed by atoms with E-state index in [2.05, 4.69) is 20.7 Å². The molecule has 0 aliphatic heterocycles. The second-order valence-corrected chi connectivity index (χ2v) is 5.46. The van der Waals surface area contributed by atoms with Gasteiger partial charge in [0.1, 0.15) is 11.5 Å². The van der Waals surface area contributed by atoms with Crippen molar-refractivity contribution >= 4 is 23.3 Å². The lowest BCUT2D eigenvalue weighted by Gasteiger charge is -2.07. The number of carbonyl (C=O) groups excluding carboxylic acids is 1. The summed E-state index contributed by atoms with van der Waals surface area (Å²) in [5, 5.41) is 10.3. The van der Waals surface area contributed by atoms with E-state index in [1.165, 1.54) is 0 Å². The van der Waals surface area contributed by atoms with Crippen molar-refractivity contribution in [2.75, 3.05) is 5.32 Å². The standard InChI is InChI=1S/C16H13ClN4O2/c1-9-3-5-13(17)12(7-9)11-4-6-14(18-8-11)19-16(22)15-10(2)20-21-23-15/h3-8H,1-2H3,(H,18,19,22). The van der Waals surface area contributed by atoms with Gasteiger partial charge in [-0.15, -0.1) is 5.10 Å². The fraction of sp³-hybridized carbons (Fsp3) is 0.125. The van der Waals surface area contributed by atoms with Crippen LogP contribution < -0.4 is 5.32 Å². The number of halogens is 1. The first-order valence-corrected chi connectivity index (χ1v) is 7.25. The highest BCUT2D eigenvalue weighted by Gasteiger charge is 2.16. The molecule has 3 rings (SSSR count). The molecule has 0 radical (unpaired) electrons. The van der Waals surface area contributed by atoms with E-state index in [9.17, 15) is 4.79 Å². The number of anilines is 1. The molecule has 0 saturated carbocycles. The van der Waals surface area contributed by atoms with Gasteiger partial charge in [-0.05, 0) is 38.1 Å². The van der Waals surface area contributed by atoms with Gasteiger partial charge in [0.05, 0.1) is 0 Å². The summed E-state index contributed by atoms with van der Waals surface area (Å²) in [6.45, 7) is 3.64. The van der Waals surface area contributed by atoms with E-state index >= 15 is 0 Å². The third-order valence-electron chi connectivity index (χ3n) is 3.30. The molecule has 0 aliphatic rings. The molecular weight excluding hydrogens is 316 g/mol. The quantitative estimate of drug-likeness (QED) is 0.793. The molecule has 1 amide bonds. The summed E-state index contributed by atoms with van der Waals surface area (Å²) in [5.41, 5.74) is 3.29. The average molecular weight is 329 g/mol. The summed E-state index contributed by atoms with van der Waals surface area (Å²) in [6, 6.07) is 9.32. The van der Waals surface area contributed by atoms with Crippen molar-refractivity contribution in [1.82, 2.24) is 15.4 Å². The molecule has 0 spiro atoms. The monoisotopic (exact) mass is 328 g/mol. The summed E-state index contributed by atoms with van der Waals surface area (Å²) in [5.74, 6) is 0.0252. The second kappa shape index (κ2) is 6.18. The normalized spacial score (nSPS) is 10.6. The number of amides is 1. The first-order chi connectivity index (χ1) is 11.0. The summed E-state index contributed by atoms with van der Waals surface area (Å²) in [6.07, 6.45) is 1.65. The lowest BCUT2D eigenvalue weighted by molar-refractivity contribution is 0.0986. The zero-order valence-electron chi connectivity index (χ0n) is 12.5.